The molecule has 136 valence electrons. The Bertz CT molecular complexity index is 829. The average Bonchev–Trinajstić information content (AvgIpc) is 2.92. The Labute approximate surface area is 163 Å². The number of alkyl halides is 1. The number of thioether (sulfide) groups is 1. The van der Waals surface area contributed by atoms with E-state index in [0.29, 0.717) is 29.5 Å². The molecule has 0 N–H and O–H groups in total. The van der Waals surface area contributed by atoms with Crippen LogP contribution in [-0.4, -0.2) is 28.8 Å². The highest BCUT2D eigenvalue weighted by Crippen LogP contribution is 2.37. The van der Waals surface area contributed by atoms with Gasteiger partial charge in [0.1, 0.15) is 5.38 Å². The van der Waals surface area contributed by atoms with Crippen molar-refractivity contribution in [3.8, 4) is 0 Å². The molecule has 6 heteroatoms. The van der Waals surface area contributed by atoms with E-state index in [1.54, 1.807) is 11.0 Å². The van der Waals surface area contributed by atoms with Crippen molar-refractivity contribution in [2.24, 2.45) is 4.99 Å². The van der Waals surface area contributed by atoms with Crippen LogP contribution in [0.15, 0.2) is 51.9 Å². The summed E-state index contributed by atoms with van der Waals surface area (Å²) in [5, 5.41) is 0.102. The number of nitrogens with zero attached hydrogens (tertiary/aromatic N) is 2. The molecule has 0 spiro atoms. The van der Waals surface area contributed by atoms with Crippen LogP contribution in [0.1, 0.15) is 31.7 Å². The second kappa shape index (κ2) is 8.23. The minimum atomic E-state index is -0.599. The molecule has 1 aromatic rings. The summed E-state index contributed by atoms with van der Waals surface area (Å²) in [6.07, 6.45) is 5.55. The molecule has 0 aromatic heterocycles. The van der Waals surface area contributed by atoms with E-state index in [2.05, 4.69) is 11.9 Å². The molecule has 1 fully saturated rings. The first-order chi connectivity index (χ1) is 12.5. The third-order valence-corrected chi connectivity index (χ3v) is 5.65. The third kappa shape index (κ3) is 3.94. The average molecular weight is 389 g/mol. The first-order valence-electron chi connectivity index (χ1n) is 8.72. The molecular weight excluding hydrogens is 368 g/mol. The van der Waals surface area contributed by atoms with Gasteiger partial charge in [0, 0.05) is 13.0 Å². The second-order valence-corrected chi connectivity index (χ2v) is 7.79. The minimum absolute atomic E-state index is 0.0333. The van der Waals surface area contributed by atoms with Gasteiger partial charge in [-0.15, -0.1) is 11.6 Å². The Morgan fingerprint density at radius 1 is 1.31 bits per heavy atom. The molecule has 1 amide bonds. The van der Waals surface area contributed by atoms with E-state index in [1.807, 2.05) is 37.3 Å². The van der Waals surface area contributed by atoms with Crippen LogP contribution in [-0.2, 0) is 9.59 Å². The van der Waals surface area contributed by atoms with E-state index >= 15 is 0 Å². The van der Waals surface area contributed by atoms with Crippen LogP contribution in [0, 0.1) is 6.92 Å². The van der Waals surface area contributed by atoms with Crippen molar-refractivity contribution in [1.29, 1.82) is 0 Å². The van der Waals surface area contributed by atoms with E-state index in [4.69, 9.17) is 11.6 Å². The molecule has 1 atom stereocenters. The molecule has 4 nitrogen and oxygen atoms in total. The van der Waals surface area contributed by atoms with E-state index in [9.17, 15) is 9.59 Å². The molecule has 0 saturated carbocycles. The van der Waals surface area contributed by atoms with Crippen LogP contribution in [0.4, 0.5) is 5.69 Å². The number of hydrogen-bond acceptors (Lipinski definition) is 4. The van der Waals surface area contributed by atoms with E-state index in [-0.39, 0.29) is 11.7 Å². The van der Waals surface area contributed by atoms with Crippen LogP contribution in [0.3, 0.4) is 0 Å². The molecule has 0 radical (unpaired) electrons. The van der Waals surface area contributed by atoms with Crippen LogP contribution in [0.2, 0.25) is 0 Å². The number of aliphatic imine (C=N–C) groups is 1. The Balaban J connectivity index is 1.96. The molecule has 3 rings (SSSR count). The molecule has 1 aliphatic heterocycles. The Hall–Kier alpha value is -1.85. The largest absolute Gasteiger partial charge is 0.298 e. The number of rotatable bonds is 4. The van der Waals surface area contributed by atoms with Crippen molar-refractivity contribution in [2.75, 3.05) is 11.4 Å². The molecular formula is C20H21ClN2O2S. The number of amides is 1. The number of hydrogen-bond donors (Lipinski definition) is 0. The van der Waals surface area contributed by atoms with Crippen molar-refractivity contribution < 1.29 is 9.59 Å². The van der Waals surface area contributed by atoms with Crippen LogP contribution in [0.25, 0.3) is 0 Å². The first kappa shape index (κ1) is 18.9. The first-order valence-corrected chi connectivity index (χ1v) is 9.98. The van der Waals surface area contributed by atoms with Crippen molar-refractivity contribution in [3.05, 3.63) is 52.5 Å². The summed E-state index contributed by atoms with van der Waals surface area (Å²) in [6.45, 7) is 4.72. The Morgan fingerprint density at radius 2 is 2.08 bits per heavy atom. The zero-order valence-electron chi connectivity index (χ0n) is 14.9. The number of aryl methyl sites for hydroxylation is 1. The van der Waals surface area contributed by atoms with Gasteiger partial charge in [-0.25, -0.2) is 0 Å². The Morgan fingerprint density at radius 3 is 2.77 bits per heavy atom. The fraction of sp³-hybridized carbons (Fsp3) is 0.350. The van der Waals surface area contributed by atoms with Gasteiger partial charge >= 0.3 is 0 Å². The quantitative estimate of drug-likeness (QED) is 0.558. The lowest BCUT2D eigenvalue weighted by atomic mass is 9.98. The lowest BCUT2D eigenvalue weighted by Gasteiger charge is -2.18. The maximum absolute atomic E-state index is 13.1. The van der Waals surface area contributed by atoms with Crippen LogP contribution in [0.5, 0.6) is 0 Å². The van der Waals surface area contributed by atoms with Crippen molar-refractivity contribution >= 4 is 45.9 Å². The SMILES string of the molecule is CCCN=C1S/C(=C\C2=CC(Cl)C(=O)CC2)C(=O)N1c1ccccc1C. The molecule has 1 aromatic carbocycles. The summed E-state index contributed by atoms with van der Waals surface area (Å²) in [5.41, 5.74) is 2.81. The molecule has 2 aliphatic rings. The van der Waals surface area contributed by atoms with Crippen LogP contribution >= 0.6 is 23.4 Å². The summed E-state index contributed by atoms with van der Waals surface area (Å²) in [4.78, 5) is 31.6. The Kier molecular flexibility index (Phi) is 5.99. The van der Waals surface area contributed by atoms with Gasteiger partial charge in [0.15, 0.2) is 11.0 Å². The standard InChI is InChI=1S/C20H21ClN2O2S/c1-3-10-22-20-23(16-7-5-4-6-13(16)2)19(25)18(26-20)12-14-8-9-17(24)15(21)11-14/h4-7,11-12,15H,3,8-10H2,1-2H3/b18-12-,22-20?. The van der Waals surface area contributed by atoms with Crippen molar-refractivity contribution in [1.82, 2.24) is 0 Å². The third-order valence-electron chi connectivity index (χ3n) is 4.28. The lowest BCUT2D eigenvalue weighted by molar-refractivity contribution is -0.118. The van der Waals surface area contributed by atoms with E-state index in [0.717, 1.165) is 23.2 Å². The molecule has 0 bridgehead atoms. The summed E-state index contributed by atoms with van der Waals surface area (Å²) >= 11 is 7.43. The smallest absolute Gasteiger partial charge is 0.271 e. The number of benzene rings is 1. The highest BCUT2D eigenvalue weighted by molar-refractivity contribution is 8.19. The van der Waals surface area contributed by atoms with Gasteiger partial charge in [-0.3, -0.25) is 19.5 Å². The zero-order chi connectivity index (χ0) is 18.7. The number of anilines is 1. The molecule has 26 heavy (non-hydrogen) atoms. The number of carbonyl (C=O) groups excluding carboxylic acids is 2. The summed E-state index contributed by atoms with van der Waals surface area (Å²) in [6, 6.07) is 7.80. The highest BCUT2D eigenvalue weighted by Gasteiger charge is 2.35. The summed E-state index contributed by atoms with van der Waals surface area (Å²) in [7, 11) is 0. The lowest BCUT2D eigenvalue weighted by Crippen LogP contribution is -2.29. The number of allylic oxidation sites excluding steroid dienone is 3. The second-order valence-electron chi connectivity index (χ2n) is 6.31. The number of carbonyl (C=O) groups is 2. The molecule has 1 unspecified atom stereocenters. The number of halogens is 1. The van der Waals surface area contributed by atoms with Gasteiger partial charge in [0.05, 0.1) is 10.6 Å². The molecule has 1 heterocycles. The predicted molar refractivity (Wildman–Crippen MR) is 109 cm³/mol. The fourth-order valence-electron chi connectivity index (χ4n) is 2.87. The normalized spacial score (nSPS) is 23.9. The number of Topliss-reactive ketones (excluding diaryl/α,β-unsaturated/α-hetero) is 1. The van der Waals surface area contributed by atoms with Crippen molar-refractivity contribution in [2.45, 2.75) is 38.5 Å². The summed E-state index contributed by atoms with van der Waals surface area (Å²) in [5.74, 6) is -0.0472. The van der Waals surface area contributed by atoms with Gasteiger partial charge in [-0.2, -0.15) is 0 Å². The summed E-state index contributed by atoms with van der Waals surface area (Å²) < 4.78 is 0. The topological polar surface area (TPSA) is 49.7 Å². The number of amidine groups is 1. The number of para-hydroxylation sites is 1. The van der Waals surface area contributed by atoms with Gasteiger partial charge in [-0.05, 0) is 54.8 Å². The van der Waals surface area contributed by atoms with Crippen molar-refractivity contribution in [3.63, 3.8) is 0 Å². The highest BCUT2D eigenvalue weighted by atomic mass is 35.5. The van der Waals surface area contributed by atoms with Gasteiger partial charge in [-0.1, -0.05) is 31.2 Å². The zero-order valence-corrected chi connectivity index (χ0v) is 16.4. The van der Waals surface area contributed by atoms with Crippen LogP contribution < -0.4 is 4.90 Å². The monoisotopic (exact) mass is 388 g/mol. The molecule has 1 saturated heterocycles. The predicted octanol–water partition coefficient (Wildman–Crippen LogP) is 4.62. The molecule has 1 aliphatic carbocycles. The number of ketones is 1. The van der Waals surface area contributed by atoms with E-state index < -0.39 is 5.38 Å². The van der Waals surface area contributed by atoms with Gasteiger partial charge in [0.2, 0.25) is 0 Å². The van der Waals surface area contributed by atoms with Gasteiger partial charge < -0.3 is 0 Å². The fourth-order valence-corrected chi connectivity index (χ4v) is 4.16. The maximum Gasteiger partial charge on any atom is 0.271 e. The van der Waals surface area contributed by atoms with Gasteiger partial charge in [0.25, 0.3) is 5.91 Å². The maximum atomic E-state index is 13.1. The minimum Gasteiger partial charge on any atom is -0.298 e. The van der Waals surface area contributed by atoms with E-state index in [1.165, 1.54) is 11.8 Å².